The van der Waals surface area contributed by atoms with Gasteiger partial charge in [-0.25, -0.2) is 9.18 Å². The number of hydrogen-bond acceptors (Lipinski definition) is 2. The molecule has 1 fully saturated rings. The van der Waals surface area contributed by atoms with Crippen LogP contribution in [0.2, 0.25) is 10.0 Å². The molecule has 31 heavy (non-hydrogen) atoms. The standard InChI is InChI=1S/C7H6Cl2.C7H7F.C7H8.C4H7NO2/c1-5-2-3-6(8)7(9)4-5;1-6-3-2-4-7(8)5-6;1-7-5-3-2-4-6-7;1-5-2-3-7-4(5)6/h2-4H,1H3;2-5H,1H3;2-6H,1H3;2-3H2,1H3. The van der Waals surface area contributed by atoms with E-state index in [1.165, 1.54) is 17.7 Å². The highest BCUT2D eigenvalue weighted by atomic mass is 35.5. The molecule has 1 aliphatic heterocycles. The predicted molar refractivity (Wildman–Crippen MR) is 127 cm³/mol. The Morgan fingerprint density at radius 2 is 1.42 bits per heavy atom. The van der Waals surface area contributed by atoms with Crippen LogP contribution in [0.1, 0.15) is 16.7 Å². The van der Waals surface area contributed by atoms with Gasteiger partial charge in [-0.3, -0.25) is 0 Å². The van der Waals surface area contributed by atoms with E-state index in [1.54, 1.807) is 24.1 Å². The van der Waals surface area contributed by atoms with Gasteiger partial charge in [-0.15, -0.1) is 0 Å². The van der Waals surface area contributed by atoms with E-state index in [0.29, 0.717) is 16.7 Å². The van der Waals surface area contributed by atoms with Crippen LogP contribution in [0.25, 0.3) is 0 Å². The fraction of sp³-hybridized carbons (Fsp3) is 0.240. The molecule has 0 saturated carbocycles. The van der Waals surface area contributed by atoms with E-state index < -0.39 is 0 Å². The van der Waals surface area contributed by atoms with E-state index in [1.807, 2.05) is 50.2 Å². The lowest BCUT2D eigenvalue weighted by Crippen LogP contribution is -2.17. The Hall–Kier alpha value is -2.56. The molecule has 0 aromatic heterocycles. The fourth-order valence-corrected chi connectivity index (χ4v) is 2.57. The van der Waals surface area contributed by atoms with Gasteiger partial charge in [0, 0.05) is 7.05 Å². The Bertz CT molecular complexity index is 919. The molecule has 1 amide bonds. The third-order valence-electron chi connectivity index (χ3n) is 3.96. The van der Waals surface area contributed by atoms with Crippen molar-refractivity contribution >= 4 is 29.3 Å². The molecule has 1 saturated heterocycles. The van der Waals surface area contributed by atoms with Crippen LogP contribution >= 0.6 is 23.2 Å². The molecule has 1 aliphatic rings. The molecule has 0 radical (unpaired) electrons. The molecule has 6 heteroatoms. The summed E-state index contributed by atoms with van der Waals surface area (Å²) in [7, 11) is 1.72. The molecular weight excluding hydrogens is 436 g/mol. The molecule has 3 nitrogen and oxygen atoms in total. The van der Waals surface area contributed by atoms with Crippen LogP contribution in [0, 0.1) is 26.6 Å². The first-order valence-electron chi connectivity index (χ1n) is 9.72. The van der Waals surface area contributed by atoms with Gasteiger partial charge >= 0.3 is 6.09 Å². The van der Waals surface area contributed by atoms with Crippen LogP contribution in [0.15, 0.2) is 72.8 Å². The van der Waals surface area contributed by atoms with Gasteiger partial charge in [0.05, 0.1) is 16.6 Å². The van der Waals surface area contributed by atoms with Gasteiger partial charge in [-0.2, -0.15) is 0 Å². The van der Waals surface area contributed by atoms with Crippen molar-refractivity contribution < 1.29 is 13.9 Å². The molecule has 0 aliphatic carbocycles. The highest BCUT2D eigenvalue weighted by Crippen LogP contribution is 2.21. The first kappa shape index (κ1) is 26.5. The molecule has 0 atom stereocenters. The van der Waals surface area contributed by atoms with Crippen LogP contribution in [-0.4, -0.2) is 31.2 Å². The molecule has 0 bridgehead atoms. The van der Waals surface area contributed by atoms with E-state index in [-0.39, 0.29) is 11.9 Å². The predicted octanol–water partition coefficient (Wildman–Crippen LogP) is 7.50. The zero-order chi connectivity index (χ0) is 23.2. The Morgan fingerprint density at radius 3 is 1.74 bits per heavy atom. The molecule has 0 spiro atoms. The Labute approximate surface area is 194 Å². The average Bonchev–Trinajstić information content (AvgIpc) is 3.10. The van der Waals surface area contributed by atoms with Crippen molar-refractivity contribution in [1.29, 1.82) is 0 Å². The first-order valence-corrected chi connectivity index (χ1v) is 10.5. The molecule has 3 aromatic rings. The molecule has 0 unspecified atom stereocenters. The number of cyclic esters (lactones) is 1. The molecule has 1 heterocycles. The van der Waals surface area contributed by atoms with Crippen molar-refractivity contribution in [2.75, 3.05) is 20.2 Å². The lowest BCUT2D eigenvalue weighted by atomic mass is 10.2. The number of benzene rings is 3. The second-order valence-corrected chi connectivity index (χ2v) is 7.72. The number of carbonyl (C=O) groups is 1. The van der Waals surface area contributed by atoms with Crippen LogP contribution < -0.4 is 0 Å². The van der Waals surface area contributed by atoms with Crippen molar-refractivity contribution in [1.82, 2.24) is 4.90 Å². The number of ether oxygens (including phenoxy) is 1. The lowest BCUT2D eigenvalue weighted by molar-refractivity contribution is 0.163. The number of carbonyl (C=O) groups excluding carboxylic acids is 1. The van der Waals surface area contributed by atoms with E-state index in [4.69, 9.17) is 23.2 Å². The van der Waals surface area contributed by atoms with Crippen molar-refractivity contribution in [2.45, 2.75) is 20.8 Å². The smallest absolute Gasteiger partial charge is 0.409 e. The molecule has 0 N–H and O–H groups in total. The van der Waals surface area contributed by atoms with Gasteiger partial charge in [0.15, 0.2) is 0 Å². The maximum atomic E-state index is 12.2. The topological polar surface area (TPSA) is 29.5 Å². The monoisotopic (exact) mass is 463 g/mol. The maximum absolute atomic E-state index is 12.2. The summed E-state index contributed by atoms with van der Waals surface area (Å²) in [4.78, 5) is 11.8. The summed E-state index contributed by atoms with van der Waals surface area (Å²) in [6.45, 7) is 7.21. The van der Waals surface area contributed by atoms with Crippen LogP contribution in [0.3, 0.4) is 0 Å². The number of nitrogens with zero attached hydrogens (tertiary/aromatic N) is 1. The van der Waals surface area contributed by atoms with Crippen LogP contribution in [0.5, 0.6) is 0 Å². The number of hydrogen-bond donors (Lipinski definition) is 0. The summed E-state index contributed by atoms with van der Waals surface area (Å²) >= 11 is 11.3. The zero-order valence-electron chi connectivity index (χ0n) is 18.2. The van der Waals surface area contributed by atoms with Gasteiger partial charge in [-0.1, -0.05) is 77.3 Å². The van der Waals surface area contributed by atoms with Crippen molar-refractivity contribution in [2.24, 2.45) is 0 Å². The van der Waals surface area contributed by atoms with Crippen LogP contribution in [-0.2, 0) is 4.74 Å². The second-order valence-electron chi connectivity index (χ2n) is 6.91. The van der Waals surface area contributed by atoms with Gasteiger partial charge in [-0.05, 0) is 56.2 Å². The maximum Gasteiger partial charge on any atom is 0.409 e. The minimum atomic E-state index is -0.208. The van der Waals surface area contributed by atoms with E-state index in [0.717, 1.165) is 17.7 Å². The van der Waals surface area contributed by atoms with Gasteiger partial charge in [0.2, 0.25) is 0 Å². The van der Waals surface area contributed by atoms with E-state index >= 15 is 0 Å². The normalized spacial score (nSPS) is 11.7. The minimum Gasteiger partial charge on any atom is -0.448 e. The number of likely N-dealkylation sites (N-methyl/N-ethyl adjacent to an activating group) is 1. The second kappa shape index (κ2) is 14.4. The molecular formula is C25H28Cl2FNO2. The highest BCUT2D eigenvalue weighted by molar-refractivity contribution is 6.42. The number of rotatable bonds is 0. The average molecular weight is 464 g/mol. The molecule has 3 aromatic carbocycles. The van der Waals surface area contributed by atoms with Crippen molar-refractivity contribution in [3.8, 4) is 0 Å². The van der Waals surface area contributed by atoms with E-state index in [2.05, 4.69) is 23.8 Å². The summed E-state index contributed by atoms with van der Waals surface area (Å²) in [5.41, 5.74) is 3.41. The lowest BCUT2D eigenvalue weighted by Gasteiger charge is -1.98. The largest absolute Gasteiger partial charge is 0.448 e. The third-order valence-corrected chi connectivity index (χ3v) is 4.70. The number of halogens is 3. The molecule has 166 valence electrons. The number of aryl methyl sites for hydroxylation is 3. The van der Waals surface area contributed by atoms with Gasteiger partial charge in [0.1, 0.15) is 12.4 Å². The number of amides is 1. The van der Waals surface area contributed by atoms with Crippen LogP contribution in [0.4, 0.5) is 9.18 Å². The third kappa shape index (κ3) is 12.0. The van der Waals surface area contributed by atoms with Crippen molar-refractivity contribution in [3.05, 3.63) is 105 Å². The summed E-state index contributed by atoms with van der Waals surface area (Å²) < 4.78 is 16.7. The Kier molecular flexibility index (Phi) is 12.3. The summed E-state index contributed by atoms with van der Waals surface area (Å²) in [5.74, 6) is -0.162. The zero-order valence-corrected chi connectivity index (χ0v) is 19.8. The van der Waals surface area contributed by atoms with Gasteiger partial charge in [0.25, 0.3) is 0 Å². The van der Waals surface area contributed by atoms with Crippen molar-refractivity contribution in [3.63, 3.8) is 0 Å². The Balaban J connectivity index is 0.000000208. The van der Waals surface area contributed by atoms with E-state index in [9.17, 15) is 9.18 Å². The minimum absolute atomic E-state index is 0.162. The SMILES string of the molecule is CN1CCOC1=O.Cc1ccc(Cl)c(Cl)c1.Cc1cccc(F)c1.Cc1ccccc1. The highest BCUT2D eigenvalue weighted by Gasteiger charge is 2.15. The summed E-state index contributed by atoms with van der Waals surface area (Å²) in [5, 5.41) is 1.24. The quantitative estimate of drug-likeness (QED) is 0.345. The van der Waals surface area contributed by atoms with Gasteiger partial charge < -0.3 is 9.64 Å². The summed E-state index contributed by atoms with van der Waals surface area (Å²) in [6, 6.07) is 22.3. The molecule has 4 rings (SSSR count). The summed E-state index contributed by atoms with van der Waals surface area (Å²) in [6.07, 6.45) is -0.208. The Morgan fingerprint density at radius 1 is 0.806 bits per heavy atom. The first-order chi connectivity index (χ1) is 14.7. The fourth-order valence-electron chi connectivity index (χ4n) is 2.21.